The Morgan fingerprint density at radius 2 is 1.75 bits per heavy atom. The lowest BCUT2D eigenvalue weighted by molar-refractivity contribution is 0.0921. The number of carbonyl (C=O) groups is 1. The van der Waals surface area contributed by atoms with Crippen molar-refractivity contribution in [3.63, 3.8) is 0 Å². The third-order valence-electron chi connectivity index (χ3n) is 4.09. The van der Waals surface area contributed by atoms with Gasteiger partial charge in [-0.05, 0) is 29.8 Å². The summed E-state index contributed by atoms with van der Waals surface area (Å²) >= 11 is 6.10. The summed E-state index contributed by atoms with van der Waals surface area (Å²) in [5.74, 6) is 1.58. The SMILES string of the molecule is COc1ccccc1CNC(=O)c1ccc(CS(=O)Cc2ccccc2Cl)o1. The summed E-state index contributed by atoms with van der Waals surface area (Å²) in [6.07, 6.45) is 0. The molecular weight excluding hydrogens is 398 g/mol. The number of methoxy groups -OCH3 is 1. The van der Waals surface area contributed by atoms with E-state index in [0.717, 1.165) is 11.1 Å². The zero-order valence-electron chi connectivity index (χ0n) is 15.3. The molecule has 0 spiro atoms. The van der Waals surface area contributed by atoms with Gasteiger partial charge in [0.05, 0.1) is 18.6 Å². The number of benzene rings is 2. The van der Waals surface area contributed by atoms with Crippen molar-refractivity contribution in [2.75, 3.05) is 7.11 Å². The number of hydrogen-bond donors (Lipinski definition) is 1. The molecule has 0 saturated carbocycles. The number of hydrogen-bond acceptors (Lipinski definition) is 4. The summed E-state index contributed by atoms with van der Waals surface area (Å²) < 4.78 is 23.2. The molecule has 0 aliphatic heterocycles. The highest BCUT2D eigenvalue weighted by molar-refractivity contribution is 7.83. The van der Waals surface area contributed by atoms with Gasteiger partial charge in [-0.25, -0.2) is 0 Å². The maximum atomic E-state index is 12.4. The van der Waals surface area contributed by atoms with E-state index in [0.29, 0.717) is 28.8 Å². The van der Waals surface area contributed by atoms with Crippen LogP contribution in [-0.2, 0) is 28.9 Å². The van der Waals surface area contributed by atoms with E-state index in [2.05, 4.69) is 5.32 Å². The molecule has 0 radical (unpaired) electrons. The van der Waals surface area contributed by atoms with Gasteiger partial charge in [0, 0.05) is 27.9 Å². The molecule has 0 aliphatic rings. The van der Waals surface area contributed by atoms with Gasteiger partial charge in [-0.3, -0.25) is 9.00 Å². The smallest absolute Gasteiger partial charge is 0.287 e. The Morgan fingerprint density at radius 3 is 2.50 bits per heavy atom. The Morgan fingerprint density at radius 1 is 1.04 bits per heavy atom. The lowest BCUT2D eigenvalue weighted by atomic mass is 10.2. The molecule has 1 atom stereocenters. The van der Waals surface area contributed by atoms with Crippen molar-refractivity contribution in [3.05, 3.63) is 88.3 Å². The van der Waals surface area contributed by atoms with E-state index in [1.807, 2.05) is 42.5 Å². The standard InChI is InChI=1S/C21H20ClNO4S/c1-26-19-9-5-3-6-15(19)12-23-21(24)20-11-10-17(27-20)14-28(25)13-16-7-2-4-8-18(16)22/h2-11H,12-14H2,1H3,(H,23,24). The van der Waals surface area contributed by atoms with Crippen LogP contribution >= 0.6 is 11.6 Å². The highest BCUT2D eigenvalue weighted by Crippen LogP contribution is 2.19. The Hall–Kier alpha value is -2.57. The zero-order chi connectivity index (χ0) is 19.9. The number of furan rings is 1. The predicted octanol–water partition coefficient (Wildman–Crippen LogP) is 4.32. The van der Waals surface area contributed by atoms with Crippen LogP contribution in [0.1, 0.15) is 27.4 Å². The average Bonchev–Trinajstić information content (AvgIpc) is 3.16. The summed E-state index contributed by atoms with van der Waals surface area (Å²) in [4.78, 5) is 12.3. The van der Waals surface area contributed by atoms with Crippen molar-refractivity contribution in [1.29, 1.82) is 0 Å². The Bertz CT molecular complexity index is 986. The molecule has 0 saturated heterocycles. The highest BCUT2D eigenvalue weighted by Gasteiger charge is 2.14. The van der Waals surface area contributed by atoms with Gasteiger partial charge in [0.1, 0.15) is 11.5 Å². The maximum absolute atomic E-state index is 12.4. The summed E-state index contributed by atoms with van der Waals surface area (Å²) in [5, 5.41) is 3.39. The second-order valence-corrected chi connectivity index (χ2v) is 7.94. The van der Waals surface area contributed by atoms with Gasteiger partial charge < -0.3 is 14.5 Å². The van der Waals surface area contributed by atoms with Crippen LogP contribution in [0.3, 0.4) is 0 Å². The molecule has 3 aromatic rings. The van der Waals surface area contributed by atoms with Crippen LogP contribution in [0.5, 0.6) is 5.75 Å². The third kappa shape index (κ3) is 5.24. The first-order valence-electron chi connectivity index (χ1n) is 8.64. The first-order chi connectivity index (χ1) is 13.6. The number of carbonyl (C=O) groups excluding carboxylic acids is 1. The molecule has 2 aromatic carbocycles. The summed E-state index contributed by atoms with van der Waals surface area (Å²) in [6, 6.07) is 18.0. The largest absolute Gasteiger partial charge is 0.496 e. The maximum Gasteiger partial charge on any atom is 0.287 e. The van der Waals surface area contributed by atoms with Crippen molar-refractivity contribution < 1.29 is 18.2 Å². The van der Waals surface area contributed by atoms with Gasteiger partial charge >= 0.3 is 0 Å². The molecule has 0 aliphatic carbocycles. The van der Waals surface area contributed by atoms with Gasteiger partial charge in [0.15, 0.2) is 5.76 Å². The Balaban J connectivity index is 1.56. The zero-order valence-corrected chi connectivity index (χ0v) is 16.9. The molecule has 1 unspecified atom stereocenters. The van der Waals surface area contributed by atoms with E-state index in [1.54, 1.807) is 25.3 Å². The molecule has 1 aromatic heterocycles. The number of para-hydroxylation sites is 1. The molecule has 3 rings (SSSR count). The van der Waals surface area contributed by atoms with Crippen LogP contribution in [0.4, 0.5) is 0 Å². The van der Waals surface area contributed by atoms with E-state index < -0.39 is 10.8 Å². The minimum absolute atomic E-state index is 0.180. The van der Waals surface area contributed by atoms with E-state index in [-0.39, 0.29) is 17.4 Å². The van der Waals surface area contributed by atoms with Crippen molar-refractivity contribution >= 4 is 28.3 Å². The van der Waals surface area contributed by atoms with Gasteiger partial charge in [-0.2, -0.15) is 0 Å². The van der Waals surface area contributed by atoms with Crippen LogP contribution in [0.2, 0.25) is 5.02 Å². The van der Waals surface area contributed by atoms with Gasteiger partial charge in [0.25, 0.3) is 5.91 Å². The molecule has 1 amide bonds. The van der Waals surface area contributed by atoms with Crippen molar-refractivity contribution in [2.45, 2.75) is 18.1 Å². The molecule has 7 heteroatoms. The average molecular weight is 418 g/mol. The van der Waals surface area contributed by atoms with Crippen LogP contribution in [0, 0.1) is 0 Å². The lowest BCUT2D eigenvalue weighted by Gasteiger charge is -2.08. The summed E-state index contributed by atoms with van der Waals surface area (Å²) in [6.45, 7) is 0.317. The van der Waals surface area contributed by atoms with Crippen molar-refractivity contribution in [2.24, 2.45) is 0 Å². The first kappa shape index (κ1) is 20.2. The van der Waals surface area contributed by atoms with E-state index in [1.165, 1.54) is 0 Å². The summed E-state index contributed by atoms with van der Waals surface area (Å²) in [5.41, 5.74) is 1.69. The van der Waals surface area contributed by atoms with E-state index in [9.17, 15) is 9.00 Å². The summed E-state index contributed by atoms with van der Waals surface area (Å²) in [7, 11) is 0.389. The molecule has 146 valence electrons. The quantitative estimate of drug-likeness (QED) is 0.592. The molecule has 0 fully saturated rings. The normalized spacial score (nSPS) is 11.8. The van der Waals surface area contributed by atoms with Crippen LogP contribution < -0.4 is 10.1 Å². The van der Waals surface area contributed by atoms with E-state index >= 15 is 0 Å². The Kier molecular flexibility index (Phi) is 6.90. The molecule has 1 heterocycles. The van der Waals surface area contributed by atoms with Gasteiger partial charge in [-0.15, -0.1) is 0 Å². The molecular formula is C21H20ClNO4S. The molecule has 0 bridgehead atoms. The molecule has 5 nitrogen and oxygen atoms in total. The van der Waals surface area contributed by atoms with Crippen molar-refractivity contribution in [3.8, 4) is 5.75 Å². The second-order valence-electron chi connectivity index (χ2n) is 6.08. The topological polar surface area (TPSA) is 68.5 Å². The lowest BCUT2D eigenvalue weighted by Crippen LogP contribution is -2.22. The van der Waals surface area contributed by atoms with Crippen molar-refractivity contribution in [1.82, 2.24) is 5.32 Å². The van der Waals surface area contributed by atoms with Crippen LogP contribution in [0.25, 0.3) is 0 Å². The fraction of sp³-hybridized carbons (Fsp3) is 0.190. The predicted molar refractivity (Wildman–Crippen MR) is 110 cm³/mol. The monoisotopic (exact) mass is 417 g/mol. The van der Waals surface area contributed by atoms with E-state index in [4.69, 9.17) is 20.8 Å². The first-order valence-corrected chi connectivity index (χ1v) is 10.5. The Labute approximate surface area is 171 Å². The number of nitrogens with one attached hydrogen (secondary N) is 1. The minimum Gasteiger partial charge on any atom is -0.496 e. The highest BCUT2D eigenvalue weighted by atomic mass is 35.5. The minimum atomic E-state index is -1.20. The number of rotatable bonds is 8. The number of ether oxygens (including phenoxy) is 1. The van der Waals surface area contributed by atoms with Gasteiger partial charge in [0.2, 0.25) is 0 Å². The molecule has 1 N–H and O–H groups in total. The fourth-order valence-electron chi connectivity index (χ4n) is 2.69. The van der Waals surface area contributed by atoms with Gasteiger partial charge in [-0.1, -0.05) is 48.0 Å². The fourth-order valence-corrected chi connectivity index (χ4v) is 4.14. The molecule has 28 heavy (non-hydrogen) atoms. The van der Waals surface area contributed by atoms with Crippen LogP contribution in [-0.4, -0.2) is 17.2 Å². The van der Waals surface area contributed by atoms with Crippen LogP contribution in [0.15, 0.2) is 65.1 Å². The number of amides is 1. The third-order valence-corrected chi connectivity index (χ3v) is 5.70. The number of halogens is 1. The second kappa shape index (κ2) is 9.57.